The Balaban J connectivity index is 1.92. The van der Waals surface area contributed by atoms with E-state index in [1.807, 2.05) is 13.0 Å². The Morgan fingerprint density at radius 1 is 1.37 bits per heavy atom. The van der Waals surface area contributed by atoms with Crippen LogP contribution in [0, 0.1) is 5.92 Å². The molecule has 5 heteroatoms. The highest BCUT2D eigenvalue weighted by molar-refractivity contribution is 5.46. The first kappa shape index (κ1) is 14.1. The Hall–Kier alpha value is -1.36. The summed E-state index contributed by atoms with van der Waals surface area (Å²) in [5.41, 5.74) is -0.596. The molecular weight excluding hydrogens is 240 g/mol. The lowest BCUT2D eigenvalue weighted by Gasteiger charge is -2.35. The van der Waals surface area contributed by atoms with Crippen molar-refractivity contribution in [1.29, 1.82) is 0 Å². The SMILES string of the molecule is CCNc1cc(NCC2(O)CCCC(C)C2)ncn1. The van der Waals surface area contributed by atoms with Gasteiger partial charge >= 0.3 is 0 Å². The van der Waals surface area contributed by atoms with Crippen LogP contribution in [-0.2, 0) is 0 Å². The van der Waals surface area contributed by atoms with Gasteiger partial charge in [-0.05, 0) is 25.7 Å². The molecule has 5 nitrogen and oxygen atoms in total. The molecule has 0 amide bonds. The Bertz CT molecular complexity index is 412. The lowest BCUT2D eigenvalue weighted by molar-refractivity contribution is -0.000827. The summed E-state index contributed by atoms with van der Waals surface area (Å²) in [6.07, 6.45) is 5.60. The fraction of sp³-hybridized carbons (Fsp3) is 0.714. The van der Waals surface area contributed by atoms with Gasteiger partial charge in [0.1, 0.15) is 18.0 Å². The zero-order valence-electron chi connectivity index (χ0n) is 11.8. The summed E-state index contributed by atoms with van der Waals surface area (Å²) in [5.74, 6) is 2.17. The fourth-order valence-corrected chi connectivity index (χ4v) is 2.78. The molecule has 2 unspecified atom stereocenters. The van der Waals surface area contributed by atoms with Gasteiger partial charge in [-0.25, -0.2) is 9.97 Å². The van der Waals surface area contributed by atoms with Gasteiger partial charge in [0.05, 0.1) is 5.60 Å². The molecule has 1 aromatic heterocycles. The molecule has 3 N–H and O–H groups in total. The maximum atomic E-state index is 10.6. The first-order chi connectivity index (χ1) is 9.11. The largest absolute Gasteiger partial charge is 0.388 e. The van der Waals surface area contributed by atoms with Gasteiger partial charge in [-0.1, -0.05) is 19.8 Å². The van der Waals surface area contributed by atoms with Crippen LogP contribution in [-0.4, -0.2) is 33.8 Å². The molecule has 19 heavy (non-hydrogen) atoms. The molecule has 1 aliphatic carbocycles. The molecule has 1 fully saturated rings. The van der Waals surface area contributed by atoms with Crippen LogP contribution in [0.3, 0.4) is 0 Å². The summed E-state index contributed by atoms with van der Waals surface area (Å²) < 4.78 is 0. The average molecular weight is 264 g/mol. The van der Waals surface area contributed by atoms with Crippen molar-refractivity contribution in [1.82, 2.24) is 9.97 Å². The molecule has 1 heterocycles. The van der Waals surface area contributed by atoms with E-state index >= 15 is 0 Å². The quantitative estimate of drug-likeness (QED) is 0.761. The normalized spacial score (nSPS) is 27.0. The van der Waals surface area contributed by atoms with Crippen LogP contribution in [0.4, 0.5) is 11.6 Å². The van der Waals surface area contributed by atoms with Gasteiger partial charge in [-0.3, -0.25) is 0 Å². The van der Waals surface area contributed by atoms with E-state index in [-0.39, 0.29) is 0 Å². The summed E-state index contributed by atoms with van der Waals surface area (Å²) in [6, 6.07) is 1.87. The summed E-state index contributed by atoms with van der Waals surface area (Å²) >= 11 is 0. The minimum absolute atomic E-state index is 0.555. The summed E-state index contributed by atoms with van der Waals surface area (Å²) in [6.45, 7) is 5.62. The number of nitrogens with zero attached hydrogens (tertiary/aromatic N) is 2. The van der Waals surface area contributed by atoms with Crippen LogP contribution in [0.5, 0.6) is 0 Å². The third-order valence-electron chi connectivity index (χ3n) is 3.69. The molecule has 2 rings (SSSR count). The van der Waals surface area contributed by atoms with Crippen molar-refractivity contribution >= 4 is 11.6 Å². The monoisotopic (exact) mass is 264 g/mol. The van der Waals surface area contributed by atoms with E-state index in [0.717, 1.165) is 37.4 Å². The molecular formula is C14H24N4O. The molecule has 0 aliphatic heterocycles. The highest BCUT2D eigenvalue weighted by atomic mass is 16.3. The van der Waals surface area contributed by atoms with Crippen molar-refractivity contribution in [3.05, 3.63) is 12.4 Å². The maximum absolute atomic E-state index is 10.6. The van der Waals surface area contributed by atoms with Gasteiger partial charge in [0.25, 0.3) is 0 Å². The van der Waals surface area contributed by atoms with Crippen LogP contribution < -0.4 is 10.6 Å². The fourth-order valence-electron chi connectivity index (χ4n) is 2.78. The number of aliphatic hydroxyl groups is 1. The average Bonchev–Trinajstić information content (AvgIpc) is 2.37. The zero-order valence-corrected chi connectivity index (χ0v) is 11.8. The molecule has 2 atom stereocenters. The van der Waals surface area contributed by atoms with Gasteiger partial charge < -0.3 is 15.7 Å². The van der Waals surface area contributed by atoms with Crippen molar-refractivity contribution < 1.29 is 5.11 Å². The third-order valence-corrected chi connectivity index (χ3v) is 3.69. The van der Waals surface area contributed by atoms with E-state index in [4.69, 9.17) is 0 Å². The minimum Gasteiger partial charge on any atom is -0.388 e. The second kappa shape index (κ2) is 6.19. The number of aromatic nitrogens is 2. The highest BCUT2D eigenvalue weighted by Crippen LogP contribution is 2.32. The predicted octanol–water partition coefficient (Wildman–Crippen LogP) is 2.26. The van der Waals surface area contributed by atoms with Gasteiger partial charge in [0.2, 0.25) is 0 Å². The van der Waals surface area contributed by atoms with Crippen LogP contribution >= 0.6 is 0 Å². The molecule has 0 bridgehead atoms. The summed E-state index contributed by atoms with van der Waals surface area (Å²) in [5, 5.41) is 16.9. The van der Waals surface area contributed by atoms with E-state index in [1.54, 1.807) is 0 Å². The number of anilines is 2. The minimum atomic E-state index is -0.596. The van der Waals surface area contributed by atoms with Crippen molar-refractivity contribution in [3.8, 4) is 0 Å². The third kappa shape index (κ3) is 4.06. The molecule has 1 aliphatic rings. The lowest BCUT2D eigenvalue weighted by atomic mass is 9.79. The van der Waals surface area contributed by atoms with Crippen molar-refractivity contribution in [2.24, 2.45) is 5.92 Å². The molecule has 1 aromatic rings. The summed E-state index contributed by atoms with van der Waals surface area (Å²) in [7, 11) is 0. The molecule has 0 saturated heterocycles. The van der Waals surface area contributed by atoms with Gasteiger partial charge in [0.15, 0.2) is 0 Å². The maximum Gasteiger partial charge on any atom is 0.131 e. The van der Waals surface area contributed by atoms with Gasteiger partial charge in [-0.15, -0.1) is 0 Å². The smallest absolute Gasteiger partial charge is 0.131 e. The first-order valence-electron chi connectivity index (χ1n) is 7.13. The number of rotatable bonds is 5. The predicted molar refractivity (Wildman–Crippen MR) is 77.3 cm³/mol. The van der Waals surface area contributed by atoms with Crippen LogP contribution in [0.25, 0.3) is 0 Å². The van der Waals surface area contributed by atoms with Crippen LogP contribution in [0.1, 0.15) is 39.5 Å². The van der Waals surface area contributed by atoms with E-state index in [1.165, 1.54) is 12.7 Å². The lowest BCUT2D eigenvalue weighted by Crippen LogP contribution is -2.41. The van der Waals surface area contributed by atoms with E-state index in [9.17, 15) is 5.11 Å². The molecule has 1 saturated carbocycles. The van der Waals surface area contributed by atoms with Crippen molar-refractivity contribution in [2.45, 2.75) is 45.1 Å². The standard InChI is InChI=1S/C14H24N4O/c1-3-15-12-7-13(18-10-17-12)16-9-14(19)6-4-5-11(2)8-14/h7,10-11,19H,3-6,8-9H2,1-2H3,(H2,15,16,17,18). The Kier molecular flexibility index (Phi) is 4.58. The second-order valence-electron chi connectivity index (χ2n) is 5.60. The Morgan fingerprint density at radius 3 is 2.79 bits per heavy atom. The Morgan fingerprint density at radius 2 is 2.11 bits per heavy atom. The highest BCUT2D eigenvalue weighted by Gasteiger charge is 2.32. The van der Waals surface area contributed by atoms with Crippen molar-refractivity contribution in [3.63, 3.8) is 0 Å². The van der Waals surface area contributed by atoms with Gasteiger partial charge in [0, 0.05) is 19.2 Å². The first-order valence-corrected chi connectivity index (χ1v) is 7.13. The number of nitrogens with one attached hydrogen (secondary N) is 2. The number of hydrogen-bond donors (Lipinski definition) is 3. The topological polar surface area (TPSA) is 70.1 Å². The zero-order chi connectivity index (χ0) is 13.7. The van der Waals surface area contributed by atoms with Crippen LogP contribution in [0.15, 0.2) is 12.4 Å². The molecule has 106 valence electrons. The molecule has 0 radical (unpaired) electrons. The van der Waals surface area contributed by atoms with E-state index in [0.29, 0.717) is 12.5 Å². The van der Waals surface area contributed by atoms with Crippen LogP contribution in [0.2, 0.25) is 0 Å². The molecule has 0 aromatic carbocycles. The van der Waals surface area contributed by atoms with E-state index in [2.05, 4.69) is 27.5 Å². The van der Waals surface area contributed by atoms with E-state index < -0.39 is 5.60 Å². The molecule has 0 spiro atoms. The second-order valence-corrected chi connectivity index (χ2v) is 5.60. The summed E-state index contributed by atoms with van der Waals surface area (Å²) in [4.78, 5) is 8.31. The number of hydrogen-bond acceptors (Lipinski definition) is 5. The van der Waals surface area contributed by atoms with Gasteiger partial charge in [-0.2, -0.15) is 0 Å². The Labute approximate surface area is 114 Å². The van der Waals surface area contributed by atoms with Crippen molar-refractivity contribution in [2.75, 3.05) is 23.7 Å².